The normalized spacial score (nSPS) is 9.75. The van der Waals surface area contributed by atoms with Crippen LogP contribution in [-0.4, -0.2) is 46.6 Å². The van der Waals surface area contributed by atoms with Crippen LogP contribution < -0.4 is 10.4 Å². The minimum atomic E-state index is -0.744. The number of rotatable bonds is 6. The molecule has 16 heavy (non-hydrogen) atoms. The number of hydrogen-bond acceptors (Lipinski definition) is 5. The van der Waals surface area contributed by atoms with E-state index in [1.54, 1.807) is 0 Å². The molecule has 0 unspecified atom stereocenters. The molecule has 0 fully saturated rings. The molecular weight excluding hydrogens is 207 g/mol. The molecule has 5 nitrogen and oxygen atoms in total. The first kappa shape index (κ1) is 13.1. The predicted octanol–water partition coefficient (Wildman–Crippen LogP) is -2.00. The topological polar surface area (TPSA) is 62.2 Å². The van der Waals surface area contributed by atoms with Crippen molar-refractivity contribution in [3.8, 4) is 0 Å². The molecule has 0 spiro atoms. The van der Waals surface area contributed by atoms with Crippen LogP contribution in [0.15, 0.2) is 24.3 Å². The van der Waals surface area contributed by atoms with Crippen LogP contribution in [0.25, 0.3) is 0 Å². The lowest BCUT2D eigenvalue weighted by molar-refractivity contribution is 0.376. The highest BCUT2D eigenvalue weighted by Gasteiger charge is 2.20. The van der Waals surface area contributed by atoms with E-state index < -0.39 is 22.5 Å². The second-order valence-electron chi connectivity index (χ2n) is 3.41. The van der Waals surface area contributed by atoms with Crippen LogP contribution in [0.3, 0.4) is 0 Å². The summed E-state index contributed by atoms with van der Waals surface area (Å²) in [4.78, 5) is 1.97. The largest absolute Gasteiger partial charge is 0.466 e. The molecule has 0 saturated carbocycles. The zero-order valence-electron chi connectivity index (χ0n) is 9.46. The Morgan fingerprint density at radius 1 is 1.06 bits per heavy atom. The number of anilines is 1. The third kappa shape index (κ3) is 3.57. The quantitative estimate of drug-likeness (QED) is 0.543. The van der Waals surface area contributed by atoms with E-state index in [1.807, 2.05) is 43.3 Å². The fourth-order valence-electron chi connectivity index (χ4n) is 1.31. The van der Waals surface area contributed by atoms with Crippen molar-refractivity contribution >= 4 is 33.6 Å². The second kappa shape index (κ2) is 6.60. The van der Waals surface area contributed by atoms with Gasteiger partial charge in [-0.1, -0.05) is 12.1 Å². The van der Waals surface area contributed by atoms with Crippen molar-refractivity contribution in [2.75, 3.05) is 19.0 Å². The van der Waals surface area contributed by atoms with Gasteiger partial charge in [0.1, 0.15) is 0 Å². The summed E-state index contributed by atoms with van der Waals surface area (Å²) in [5.74, 6) is 0. The van der Waals surface area contributed by atoms with Crippen LogP contribution in [0, 0.1) is 0 Å². The van der Waals surface area contributed by atoms with Crippen molar-refractivity contribution in [3.05, 3.63) is 24.3 Å². The zero-order chi connectivity index (χ0) is 12.0. The van der Waals surface area contributed by atoms with Crippen molar-refractivity contribution < 1.29 is 19.2 Å². The van der Waals surface area contributed by atoms with Crippen LogP contribution in [0.5, 0.6) is 0 Å². The third-order valence-electron chi connectivity index (χ3n) is 2.13. The Kier molecular flexibility index (Phi) is 5.41. The lowest BCUT2D eigenvalue weighted by Gasteiger charge is -2.15. The van der Waals surface area contributed by atoms with Crippen molar-refractivity contribution in [2.24, 2.45) is 0 Å². The molecule has 0 amide bonds. The molecule has 1 rings (SSSR count). The van der Waals surface area contributed by atoms with Crippen molar-refractivity contribution in [3.63, 3.8) is 0 Å². The molecule has 8 heteroatoms. The Balaban J connectivity index is 2.76. The van der Waals surface area contributed by atoms with E-state index in [-0.39, 0.29) is 0 Å². The van der Waals surface area contributed by atoms with Gasteiger partial charge in [-0.3, -0.25) is 0 Å². The first-order valence-electron chi connectivity index (χ1n) is 4.91. The Morgan fingerprint density at radius 3 is 1.94 bits per heavy atom. The highest BCUT2D eigenvalue weighted by atomic mass is 16.6. The first-order valence-corrected chi connectivity index (χ1v) is 4.91. The molecule has 0 aromatic heterocycles. The van der Waals surface area contributed by atoms with E-state index in [2.05, 4.69) is 0 Å². The summed E-state index contributed by atoms with van der Waals surface area (Å²) in [7, 11) is 2.23. The summed E-state index contributed by atoms with van der Waals surface area (Å²) in [6.45, 7) is 0. The van der Waals surface area contributed by atoms with Gasteiger partial charge in [0.05, 0.1) is 0 Å². The van der Waals surface area contributed by atoms with E-state index >= 15 is 0 Å². The number of hydrogen-bond donors (Lipinski definition) is 2. The number of benzene rings is 1. The summed E-state index contributed by atoms with van der Waals surface area (Å²) in [6, 6.07) is 7.46. The minimum Gasteiger partial charge on any atom is -0.451 e. The van der Waals surface area contributed by atoms with E-state index in [0.717, 1.165) is 11.2 Å². The fraction of sp³-hybridized carbons (Fsp3) is 0.250. The van der Waals surface area contributed by atoms with E-state index in [4.69, 9.17) is 19.2 Å². The van der Waals surface area contributed by atoms with Crippen molar-refractivity contribution in [1.82, 2.24) is 0 Å². The second-order valence-corrected chi connectivity index (χ2v) is 3.41. The smallest absolute Gasteiger partial charge is 0.451 e. The van der Waals surface area contributed by atoms with Crippen molar-refractivity contribution in [1.29, 1.82) is 0 Å². The molecule has 0 radical (unpaired) electrons. The van der Waals surface area contributed by atoms with Gasteiger partial charge in [0.25, 0.3) is 0 Å². The lowest BCUT2D eigenvalue weighted by atomic mass is 9.76. The molecule has 1 aromatic carbocycles. The zero-order valence-corrected chi connectivity index (χ0v) is 9.46. The Labute approximate surface area is 96.7 Å². The van der Waals surface area contributed by atoms with Crippen LogP contribution >= 0.6 is 0 Å². The maximum Gasteiger partial charge on any atom is 0.466 e. The summed E-state index contributed by atoms with van der Waals surface area (Å²) in [6.07, 6.45) is 0. The monoisotopic (exact) mass is 221 g/mol. The van der Waals surface area contributed by atoms with Crippen LogP contribution in [-0.2, 0) is 9.14 Å². The summed E-state index contributed by atoms with van der Waals surface area (Å²) in [5.41, 5.74) is 1.80. The molecule has 84 valence electrons. The molecule has 0 bridgehead atoms. The maximum atomic E-state index is 8.68. The van der Waals surface area contributed by atoms with Gasteiger partial charge in [0.15, 0.2) is 0 Å². The lowest BCUT2D eigenvalue weighted by Crippen LogP contribution is -2.39. The van der Waals surface area contributed by atoms with Gasteiger partial charge in [0, 0.05) is 19.8 Å². The van der Waals surface area contributed by atoms with Crippen LogP contribution in [0.4, 0.5) is 5.69 Å². The Hall–Kier alpha value is -0.945. The summed E-state index contributed by atoms with van der Waals surface area (Å²) < 4.78 is 9.86. The highest BCUT2D eigenvalue weighted by molar-refractivity contribution is 6.68. The highest BCUT2D eigenvalue weighted by Crippen LogP contribution is 2.08. The first-order chi connectivity index (χ1) is 7.69. The predicted molar refractivity (Wildman–Crippen MR) is 67.1 cm³/mol. The van der Waals surface area contributed by atoms with Gasteiger partial charge in [-0.25, -0.2) is 0 Å². The average molecular weight is 221 g/mol. The molecule has 0 aliphatic heterocycles. The summed E-state index contributed by atoms with van der Waals surface area (Å²) >= 11 is 0. The minimum absolute atomic E-state index is 0.458. The molecular formula is C8H14B3NO4. The van der Waals surface area contributed by atoms with Crippen LogP contribution in [0.2, 0.25) is 0 Å². The van der Waals surface area contributed by atoms with Gasteiger partial charge < -0.3 is 24.1 Å². The molecule has 0 saturated heterocycles. The molecule has 0 aliphatic rings. The summed E-state index contributed by atoms with van der Waals surface area (Å²) in [5, 5.41) is 17.4. The molecule has 0 heterocycles. The molecule has 1 aromatic rings. The van der Waals surface area contributed by atoms with E-state index in [1.165, 1.54) is 0 Å². The van der Waals surface area contributed by atoms with E-state index in [0.29, 0.717) is 0 Å². The standard InChI is InChI=1S/C8H14B3NO4/c1-12(2)8-5-3-7(4-6-8)11(15-9-13)16-10-14/h3-6,9-10,13-14H,1-2H3. The van der Waals surface area contributed by atoms with Gasteiger partial charge >= 0.3 is 22.5 Å². The van der Waals surface area contributed by atoms with Gasteiger partial charge in [0.2, 0.25) is 0 Å². The molecule has 2 N–H and O–H groups in total. The Bertz CT molecular complexity index is 303. The fourth-order valence-corrected chi connectivity index (χ4v) is 1.31. The van der Waals surface area contributed by atoms with Crippen molar-refractivity contribution in [2.45, 2.75) is 0 Å². The molecule has 0 aliphatic carbocycles. The average Bonchev–Trinajstić information content (AvgIpc) is 2.29. The Morgan fingerprint density at radius 2 is 1.56 bits per heavy atom. The third-order valence-corrected chi connectivity index (χ3v) is 2.13. The van der Waals surface area contributed by atoms with Gasteiger partial charge in [-0.05, 0) is 17.6 Å². The maximum absolute atomic E-state index is 8.68. The van der Waals surface area contributed by atoms with Crippen LogP contribution in [0.1, 0.15) is 0 Å². The van der Waals surface area contributed by atoms with Gasteiger partial charge in [-0.15, -0.1) is 0 Å². The van der Waals surface area contributed by atoms with Gasteiger partial charge in [-0.2, -0.15) is 0 Å². The van der Waals surface area contributed by atoms with E-state index in [9.17, 15) is 0 Å². The number of nitrogens with zero attached hydrogens (tertiary/aromatic N) is 1. The SMILES string of the molecule is CN(C)c1ccc(B(OBO)OBO)cc1. The molecule has 0 atom stereocenters.